The van der Waals surface area contributed by atoms with Crippen molar-refractivity contribution in [3.63, 3.8) is 0 Å². The lowest BCUT2D eigenvalue weighted by molar-refractivity contribution is -0.147. The van der Waals surface area contributed by atoms with Crippen molar-refractivity contribution >= 4 is 25.7 Å². The van der Waals surface area contributed by atoms with Crippen molar-refractivity contribution in [3.8, 4) is 0 Å². The Morgan fingerprint density at radius 2 is 0.919 bits per heavy atom. The molecule has 0 rings (SSSR count). The molecule has 3 unspecified atom stereocenters. The van der Waals surface area contributed by atoms with Crippen molar-refractivity contribution in [1.29, 1.82) is 0 Å². The Morgan fingerprint density at radius 3 is 1.34 bits per heavy atom. The van der Waals surface area contributed by atoms with E-state index in [2.05, 4.69) is 73.8 Å². The number of esters is 1. The number of hydrogen-bond donors (Lipinski definition) is 4. The Hall–Kier alpha value is -3.08. The Bertz CT molecular complexity index is 1320. The molecule has 0 fully saturated rings. The number of ether oxygens (including phenoxy) is 1. The first-order chi connectivity index (χ1) is 30.1. The van der Waals surface area contributed by atoms with Gasteiger partial charge >= 0.3 is 19.8 Å². The molecule has 0 aromatic heterocycles. The third kappa shape index (κ3) is 43.6. The van der Waals surface area contributed by atoms with Crippen molar-refractivity contribution in [3.05, 3.63) is 72.9 Å². The van der Waals surface area contributed by atoms with Crippen LogP contribution in [0.1, 0.15) is 194 Å². The summed E-state index contributed by atoms with van der Waals surface area (Å²) in [7, 11) is -4.78. The molecule has 356 valence electrons. The maximum atomic E-state index is 12.3. The molecule has 3 atom stereocenters. The zero-order chi connectivity index (χ0) is 45.6. The molecule has 0 heterocycles. The largest absolute Gasteiger partial charge is 0.480 e. The molecule has 0 aliphatic heterocycles. The van der Waals surface area contributed by atoms with Crippen LogP contribution in [-0.4, -0.2) is 64.9 Å². The Morgan fingerprint density at radius 1 is 0.532 bits per heavy atom. The van der Waals surface area contributed by atoms with Crippen LogP contribution in [-0.2, 0) is 32.7 Å². The first-order valence-corrected chi connectivity index (χ1v) is 25.5. The Balaban J connectivity index is 3.95. The summed E-state index contributed by atoms with van der Waals surface area (Å²) < 4.78 is 26.9. The second kappa shape index (κ2) is 44.5. The molecule has 11 nitrogen and oxygen atoms in total. The van der Waals surface area contributed by atoms with E-state index < -0.39 is 57.6 Å². The van der Waals surface area contributed by atoms with Gasteiger partial charge in [0.05, 0.1) is 13.2 Å². The number of phosphoric ester groups is 1. The molecule has 0 aromatic rings. The predicted octanol–water partition coefficient (Wildman–Crippen LogP) is 12.9. The SMILES string of the molecule is CC/C=C\C/C=C\C/C=C\C/C=C\C/C=C\C/C=C\CCC(=O)NC(COP(=O)(O)OCC(O)COC(=O)CCCCCCCCCCCCCCCCCCCCC)C(=O)O. The van der Waals surface area contributed by atoms with E-state index in [1.54, 1.807) is 0 Å². The van der Waals surface area contributed by atoms with Crippen LogP contribution in [0.3, 0.4) is 0 Å². The smallest absolute Gasteiger partial charge is 0.472 e. The molecular weight excluding hydrogens is 806 g/mol. The van der Waals surface area contributed by atoms with Gasteiger partial charge in [0, 0.05) is 12.8 Å². The maximum Gasteiger partial charge on any atom is 0.472 e. The summed E-state index contributed by atoms with van der Waals surface area (Å²) in [5, 5.41) is 21.8. The molecule has 0 aromatic carbocycles. The van der Waals surface area contributed by atoms with Crippen LogP contribution in [0.4, 0.5) is 0 Å². The average molecular weight is 892 g/mol. The van der Waals surface area contributed by atoms with Gasteiger partial charge in [-0.1, -0.05) is 202 Å². The highest BCUT2D eigenvalue weighted by Crippen LogP contribution is 2.43. The molecular formula is C50H86NO10P. The predicted molar refractivity (Wildman–Crippen MR) is 254 cm³/mol. The number of aliphatic carboxylic acids is 1. The molecule has 0 aliphatic carbocycles. The van der Waals surface area contributed by atoms with Gasteiger partial charge in [-0.3, -0.25) is 18.6 Å². The topological polar surface area (TPSA) is 169 Å². The minimum Gasteiger partial charge on any atom is -0.480 e. The van der Waals surface area contributed by atoms with Crippen molar-refractivity contribution in [2.45, 2.75) is 206 Å². The van der Waals surface area contributed by atoms with Gasteiger partial charge in [-0.25, -0.2) is 9.36 Å². The number of amides is 1. The van der Waals surface area contributed by atoms with E-state index in [4.69, 9.17) is 13.8 Å². The van der Waals surface area contributed by atoms with Gasteiger partial charge in [-0.2, -0.15) is 0 Å². The van der Waals surface area contributed by atoms with Crippen molar-refractivity contribution in [1.82, 2.24) is 5.32 Å². The van der Waals surface area contributed by atoms with Crippen LogP contribution in [0, 0.1) is 0 Å². The number of hydrogen-bond acceptors (Lipinski definition) is 8. The summed E-state index contributed by atoms with van der Waals surface area (Å²) in [5.74, 6) is -2.49. The Labute approximate surface area is 376 Å². The van der Waals surface area contributed by atoms with E-state index in [1.165, 1.54) is 96.3 Å². The molecule has 0 radical (unpaired) electrons. The number of aliphatic hydroxyl groups is 1. The van der Waals surface area contributed by atoms with E-state index >= 15 is 0 Å². The van der Waals surface area contributed by atoms with Crippen molar-refractivity contribution < 1.29 is 47.8 Å². The lowest BCUT2D eigenvalue weighted by atomic mass is 10.0. The van der Waals surface area contributed by atoms with Crippen molar-refractivity contribution in [2.24, 2.45) is 0 Å². The van der Waals surface area contributed by atoms with Gasteiger partial charge in [0.25, 0.3) is 0 Å². The number of carbonyl (C=O) groups excluding carboxylic acids is 2. The molecule has 0 bridgehead atoms. The molecule has 0 aliphatic rings. The Kier molecular flexibility index (Phi) is 42.3. The number of unbranched alkanes of at least 4 members (excludes halogenated alkanes) is 18. The third-order valence-corrected chi connectivity index (χ3v) is 11.0. The van der Waals surface area contributed by atoms with E-state index in [-0.39, 0.29) is 12.8 Å². The molecule has 4 N–H and O–H groups in total. The van der Waals surface area contributed by atoms with E-state index in [1.807, 2.05) is 18.2 Å². The quantitative estimate of drug-likeness (QED) is 0.0200. The van der Waals surface area contributed by atoms with Gasteiger partial charge in [0.1, 0.15) is 12.7 Å². The number of carbonyl (C=O) groups is 3. The van der Waals surface area contributed by atoms with Crippen LogP contribution >= 0.6 is 7.82 Å². The molecule has 12 heteroatoms. The normalized spacial score (nSPS) is 14.3. The van der Waals surface area contributed by atoms with Crippen molar-refractivity contribution in [2.75, 3.05) is 19.8 Å². The summed E-state index contributed by atoms with van der Waals surface area (Å²) in [4.78, 5) is 46.0. The fourth-order valence-electron chi connectivity index (χ4n) is 6.34. The molecule has 0 saturated carbocycles. The lowest BCUT2D eigenvalue weighted by Gasteiger charge is -2.18. The van der Waals surface area contributed by atoms with Gasteiger partial charge in [0.15, 0.2) is 6.04 Å². The summed E-state index contributed by atoms with van der Waals surface area (Å²) in [6.45, 7) is 2.44. The maximum absolute atomic E-state index is 12.3. The number of allylic oxidation sites excluding steroid dienone is 12. The standard InChI is InChI=1S/C50H86NO10P/c1-3-5-7-9-11-13-15-17-19-21-23-25-27-29-31-33-35-37-39-41-48(53)51-47(50(55)56)45-61-62(57,58)60-44-46(52)43-59-49(54)42-40-38-36-34-32-30-28-26-24-22-20-18-16-14-12-10-8-6-4-2/h5,7,11,13,17,19,23,25,29,31,35,37,46-47,52H,3-4,6,8-10,12,14-16,18,20-22,24,26-28,30,32-34,36,38-45H2,1-2H3,(H,51,53)(H,55,56)(H,57,58)/b7-5-,13-11-,19-17-,25-23-,31-29-,37-35-. The average Bonchev–Trinajstić information content (AvgIpc) is 3.25. The summed E-state index contributed by atoms with van der Waals surface area (Å²) in [6, 6.07) is -1.59. The number of rotatable bonds is 44. The highest BCUT2D eigenvalue weighted by atomic mass is 31.2. The first kappa shape index (κ1) is 58.9. The van der Waals surface area contributed by atoms with Gasteiger partial charge in [-0.05, 0) is 51.4 Å². The molecule has 0 spiro atoms. The van der Waals surface area contributed by atoms with Gasteiger partial charge in [0.2, 0.25) is 5.91 Å². The van der Waals surface area contributed by atoms with E-state index in [0.717, 1.165) is 51.4 Å². The fourth-order valence-corrected chi connectivity index (χ4v) is 7.11. The highest BCUT2D eigenvalue weighted by Gasteiger charge is 2.28. The van der Waals surface area contributed by atoms with Crippen LogP contribution in [0.5, 0.6) is 0 Å². The van der Waals surface area contributed by atoms with E-state index in [9.17, 15) is 34.1 Å². The fraction of sp³-hybridized carbons (Fsp3) is 0.700. The molecule has 1 amide bonds. The zero-order valence-electron chi connectivity index (χ0n) is 38.6. The van der Waals surface area contributed by atoms with Crippen LogP contribution in [0.25, 0.3) is 0 Å². The third-order valence-electron chi connectivity index (χ3n) is 10.0. The van der Waals surface area contributed by atoms with Crippen LogP contribution in [0.2, 0.25) is 0 Å². The number of nitrogens with one attached hydrogen (secondary N) is 1. The minimum atomic E-state index is -4.78. The number of carboxylic acid groups (broad SMARTS) is 1. The number of carboxylic acids is 1. The molecule has 62 heavy (non-hydrogen) atoms. The summed E-state index contributed by atoms with van der Waals surface area (Å²) in [6.07, 6.45) is 53.7. The highest BCUT2D eigenvalue weighted by molar-refractivity contribution is 7.47. The van der Waals surface area contributed by atoms with Crippen LogP contribution in [0.15, 0.2) is 72.9 Å². The first-order valence-electron chi connectivity index (χ1n) is 24.0. The molecule has 0 saturated heterocycles. The van der Waals surface area contributed by atoms with Gasteiger partial charge in [-0.15, -0.1) is 0 Å². The van der Waals surface area contributed by atoms with E-state index in [0.29, 0.717) is 19.3 Å². The van der Waals surface area contributed by atoms with Crippen LogP contribution < -0.4 is 5.32 Å². The summed E-state index contributed by atoms with van der Waals surface area (Å²) >= 11 is 0. The second-order valence-electron chi connectivity index (χ2n) is 15.9. The monoisotopic (exact) mass is 892 g/mol. The lowest BCUT2D eigenvalue weighted by Crippen LogP contribution is -2.43. The van der Waals surface area contributed by atoms with Gasteiger partial charge < -0.3 is 25.2 Å². The second-order valence-corrected chi connectivity index (χ2v) is 17.4. The number of aliphatic hydroxyl groups excluding tert-OH is 1. The minimum absolute atomic E-state index is 0.0176. The summed E-state index contributed by atoms with van der Waals surface area (Å²) in [5.41, 5.74) is 0. The zero-order valence-corrected chi connectivity index (χ0v) is 39.5. The number of phosphoric acid groups is 1.